The molecule has 3 fully saturated rings. The molecule has 6 unspecified atom stereocenters. The van der Waals surface area contributed by atoms with Gasteiger partial charge in [0.2, 0.25) is 0 Å². The van der Waals surface area contributed by atoms with Crippen LogP contribution in [0.3, 0.4) is 0 Å². The molecule has 2 amide bonds. The van der Waals surface area contributed by atoms with E-state index in [1.54, 1.807) is 0 Å². The van der Waals surface area contributed by atoms with Crippen LogP contribution in [0.25, 0.3) is 0 Å². The third-order valence-electron chi connectivity index (χ3n) is 4.68. The number of carbonyl (C=O) groups is 1. The van der Waals surface area contributed by atoms with Crippen LogP contribution in [-0.4, -0.2) is 40.7 Å². The summed E-state index contributed by atoms with van der Waals surface area (Å²) in [5, 5.41) is 12.4. The van der Waals surface area contributed by atoms with E-state index in [0.717, 1.165) is 19.3 Å². The van der Waals surface area contributed by atoms with Gasteiger partial charge in [-0.15, -0.1) is 34.8 Å². The highest BCUT2D eigenvalue weighted by Gasteiger charge is 2.37. The van der Waals surface area contributed by atoms with Gasteiger partial charge in [0.15, 0.2) is 0 Å². The molecule has 0 radical (unpaired) electrons. The number of hydrogen-bond donors (Lipinski definition) is 4. The van der Waals surface area contributed by atoms with E-state index in [2.05, 4.69) is 21.3 Å². The highest BCUT2D eigenvalue weighted by molar-refractivity contribution is 6.30. The third kappa shape index (κ3) is 4.54. The second-order valence-electron chi connectivity index (χ2n) is 6.57. The molecule has 0 aromatic carbocycles. The molecule has 8 heteroatoms. The van der Waals surface area contributed by atoms with Crippen LogP contribution >= 0.6 is 34.8 Å². The minimum absolute atomic E-state index is 0.000706. The Bertz CT molecular complexity index is 410. The summed E-state index contributed by atoms with van der Waals surface area (Å²) < 4.78 is 0. The van der Waals surface area contributed by atoms with Gasteiger partial charge < -0.3 is 10.6 Å². The molecule has 4 N–H and O–H groups in total. The zero-order valence-corrected chi connectivity index (χ0v) is 14.6. The van der Waals surface area contributed by atoms with E-state index in [-0.39, 0.29) is 34.6 Å². The molecule has 1 aliphatic heterocycles. The lowest BCUT2D eigenvalue weighted by atomic mass is 9.95. The Kier molecular flexibility index (Phi) is 5.61. The minimum Gasteiger partial charge on any atom is -0.335 e. The molecule has 1 heterocycles. The quantitative estimate of drug-likeness (QED) is 0.456. The maximum Gasteiger partial charge on any atom is 0.317 e. The van der Waals surface area contributed by atoms with Crippen LogP contribution in [0.15, 0.2) is 0 Å². The fraction of sp³-hybridized carbons (Fsp3) is 0.929. The van der Waals surface area contributed by atoms with Gasteiger partial charge >= 0.3 is 6.03 Å². The average Bonchev–Trinajstić information content (AvgIpc) is 3.26. The first-order chi connectivity index (χ1) is 10.5. The zero-order valence-electron chi connectivity index (χ0n) is 12.3. The van der Waals surface area contributed by atoms with Crippen LogP contribution in [0.5, 0.6) is 0 Å². The van der Waals surface area contributed by atoms with E-state index in [9.17, 15) is 4.79 Å². The highest BCUT2D eigenvalue weighted by atomic mass is 35.5. The van der Waals surface area contributed by atoms with E-state index in [0.29, 0.717) is 18.4 Å². The topological polar surface area (TPSA) is 65.2 Å². The summed E-state index contributed by atoms with van der Waals surface area (Å²) in [7, 11) is 0. The Hall–Kier alpha value is 0.0600. The number of amides is 2. The van der Waals surface area contributed by atoms with Crippen molar-refractivity contribution in [3.05, 3.63) is 0 Å². The molecule has 0 bridgehead atoms. The number of nitrogens with one attached hydrogen (secondary N) is 4. The number of alkyl halides is 3. The van der Waals surface area contributed by atoms with Gasteiger partial charge in [0, 0.05) is 12.1 Å². The van der Waals surface area contributed by atoms with Crippen molar-refractivity contribution in [3.8, 4) is 0 Å². The summed E-state index contributed by atoms with van der Waals surface area (Å²) in [5.74, 6) is 0.701. The summed E-state index contributed by atoms with van der Waals surface area (Å²) in [6, 6.07) is 0.257. The molecule has 3 aliphatic rings. The Morgan fingerprint density at radius 3 is 2.36 bits per heavy atom. The lowest BCUT2D eigenvalue weighted by molar-refractivity contribution is 0.201. The monoisotopic (exact) mass is 368 g/mol. The lowest BCUT2D eigenvalue weighted by Gasteiger charge is -2.36. The van der Waals surface area contributed by atoms with Crippen molar-refractivity contribution >= 4 is 40.8 Å². The number of rotatable bonds is 3. The van der Waals surface area contributed by atoms with Crippen molar-refractivity contribution in [3.63, 3.8) is 0 Å². The molecule has 22 heavy (non-hydrogen) atoms. The minimum atomic E-state index is -0.294. The second kappa shape index (κ2) is 7.31. The second-order valence-corrected chi connectivity index (χ2v) is 8.22. The fourth-order valence-corrected chi connectivity index (χ4v) is 4.17. The Labute approximate surface area is 146 Å². The molecule has 0 spiro atoms. The van der Waals surface area contributed by atoms with Crippen LogP contribution in [0, 0.1) is 5.92 Å². The van der Waals surface area contributed by atoms with Crippen molar-refractivity contribution in [2.75, 3.05) is 0 Å². The molecule has 3 rings (SSSR count). The van der Waals surface area contributed by atoms with Crippen LogP contribution in [-0.2, 0) is 0 Å². The molecular formula is C14H23Cl3N4O. The molecule has 2 aliphatic carbocycles. The summed E-state index contributed by atoms with van der Waals surface area (Å²) in [5.41, 5.74) is -0.115. The number of hydrogen-bond acceptors (Lipinski definition) is 3. The van der Waals surface area contributed by atoms with E-state index in [1.165, 1.54) is 12.8 Å². The average molecular weight is 370 g/mol. The SMILES string of the molecule is O=C(NC1CCC(Cl)C(Cl)C1)NC1NC(Cl)CC(C2CC2)N1. The van der Waals surface area contributed by atoms with Gasteiger partial charge in [-0.05, 0) is 44.4 Å². The number of halogens is 3. The summed E-state index contributed by atoms with van der Waals surface area (Å²) in [4.78, 5) is 12.1. The summed E-state index contributed by atoms with van der Waals surface area (Å²) in [6.45, 7) is 0. The molecule has 126 valence electrons. The van der Waals surface area contributed by atoms with Crippen LogP contribution in [0.1, 0.15) is 38.5 Å². The van der Waals surface area contributed by atoms with Crippen molar-refractivity contribution in [1.82, 2.24) is 21.3 Å². The normalized spacial score (nSPS) is 42.7. The van der Waals surface area contributed by atoms with Gasteiger partial charge in [-0.3, -0.25) is 10.6 Å². The Balaban J connectivity index is 1.44. The van der Waals surface area contributed by atoms with Gasteiger partial charge in [-0.1, -0.05) is 0 Å². The summed E-state index contributed by atoms with van der Waals surface area (Å²) >= 11 is 18.5. The predicted octanol–water partition coefficient (Wildman–Crippen LogP) is 2.26. The summed E-state index contributed by atoms with van der Waals surface area (Å²) in [6.07, 6.45) is 5.49. The number of urea groups is 1. The molecule has 2 saturated carbocycles. The Morgan fingerprint density at radius 2 is 1.68 bits per heavy atom. The molecule has 5 nitrogen and oxygen atoms in total. The zero-order chi connectivity index (χ0) is 15.7. The maximum atomic E-state index is 12.1. The van der Waals surface area contributed by atoms with Gasteiger partial charge in [-0.2, -0.15) is 0 Å². The third-order valence-corrected chi connectivity index (χ3v) is 6.12. The first-order valence-electron chi connectivity index (χ1n) is 8.02. The lowest BCUT2D eigenvalue weighted by Crippen LogP contribution is -2.66. The first kappa shape index (κ1) is 16.9. The standard InChI is InChI=1S/C14H23Cl3N4O/c15-9-4-3-8(5-10(9)16)18-14(22)21-13-19-11(7-1-2-7)6-12(17)20-13/h7-13,19-20H,1-6H2,(H2,18,21,22). The van der Waals surface area contributed by atoms with Gasteiger partial charge in [0.25, 0.3) is 0 Å². The van der Waals surface area contributed by atoms with Gasteiger partial charge in [0.1, 0.15) is 6.29 Å². The molecule has 0 aromatic heterocycles. The largest absolute Gasteiger partial charge is 0.335 e. The highest BCUT2D eigenvalue weighted by Crippen LogP contribution is 2.35. The predicted molar refractivity (Wildman–Crippen MR) is 89.4 cm³/mol. The van der Waals surface area contributed by atoms with Gasteiger partial charge in [-0.25, -0.2) is 4.79 Å². The first-order valence-corrected chi connectivity index (χ1v) is 9.33. The van der Waals surface area contributed by atoms with Crippen molar-refractivity contribution in [2.45, 2.75) is 73.2 Å². The van der Waals surface area contributed by atoms with Crippen molar-refractivity contribution in [2.24, 2.45) is 5.92 Å². The fourth-order valence-electron chi connectivity index (χ4n) is 3.28. The van der Waals surface area contributed by atoms with Crippen LogP contribution < -0.4 is 21.3 Å². The molecule has 0 aromatic rings. The van der Waals surface area contributed by atoms with Crippen molar-refractivity contribution in [1.29, 1.82) is 0 Å². The smallest absolute Gasteiger partial charge is 0.317 e. The molecule has 6 atom stereocenters. The van der Waals surface area contributed by atoms with Crippen LogP contribution in [0.4, 0.5) is 4.79 Å². The van der Waals surface area contributed by atoms with Gasteiger partial charge in [0.05, 0.1) is 16.3 Å². The maximum absolute atomic E-state index is 12.1. The molecular weight excluding hydrogens is 347 g/mol. The van der Waals surface area contributed by atoms with E-state index < -0.39 is 0 Å². The molecule has 1 saturated heterocycles. The Morgan fingerprint density at radius 1 is 0.909 bits per heavy atom. The van der Waals surface area contributed by atoms with E-state index in [4.69, 9.17) is 34.8 Å². The van der Waals surface area contributed by atoms with Crippen molar-refractivity contribution < 1.29 is 4.79 Å². The van der Waals surface area contributed by atoms with E-state index >= 15 is 0 Å². The van der Waals surface area contributed by atoms with E-state index in [1.807, 2.05) is 0 Å². The number of carbonyl (C=O) groups excluding carboxylic acids is 1. The van der Waals surface area contributed by atoms with Crippen LogP contribution in [0.2, 0.25) is 0 Å².